The number of ketones is 1. The van der Waals surface area contributed by atoms with Crippen LogP contribution < -0.4 is 4.74 Å². The first kappa shape index (κ1) is 15.0. The fourth-order valence-electron chi connectivity index (χ4n) is 2.93. The summed E-state index contributed by atoms with van der Waals surface area (Å²) < 4.78 is 19.6. The monoisotopic (exact) mass is 278 g/mol. The molecule has 0 aliphatic heterocycles. The summed E-state index contributed by atoms with van der Waals surface area (Å²) in [6.07, 6.45) is 5.80. The van der Waals surface area contributed by atoms with E-state index in [1.807, 2.05) is 0 Å². The van der Waals surface area contributed by atoms with E-state index in [0.717, 1.165) is 12.8 Å². The fourth-order valence-corrected chi connectivity index (χ4v) is 2.93. The van der Waals surface area contributed by atoms with Crippen LogP contribution in [0.5, 0.6) is 5.75 Å². The third-order valence-electron chi connectivity index (χ3n) is 4.25. The van der Waals surface area contributed by atoms with Crippen molar-refractivity contribution in [2.45, 2.75) is 59.0 Å². The van der Waals surface area contributed by atoms with Crippen LogP contribution in [0.1, 0.15) is 61.9 Å². The highest BCUT2D eigenvalue weighted by Crippen LogP contribution is 2.32. The molecule has 2 rings (SSSR count). The number of halogens is 1. The van der Waals surface area contributed by atoms with Crippen LogP contribution in [-0.4, -0.2) is 11.9 Å². The zero-order chi connectivity index (χ0) is 14.7. The van der Waals surface area contributed by atoms with Gasteiger partial charge in [-0.25, -0.2) is 4.39 Å². The third kappa shape index (κ3) is 3.38. The van der Waals surface area contributed by atoms with E-state index in [9.17, 15) is 9.18 Å². The predicted octanol–water partition coefficient (Wildman–Crippen LogP) is 4.68. The Morgan fingerprint density at radius 3 is 2.80 bits per heavy atom. The molecule has 1 aliphatic rings. The van der Waals surface area contributed by atoms with E-state index in [-0.39, 0.29) is 17.7 Å². The van der Waals surface area contributed by atoms with Gasteiger partial charge in [-0.3, -0.25) is 4.79 Å². The van der Waals surface area contributed by atoms with Crippen molar-refractivity contribution in [2.24, 2.45) is 5.92 Å². The van der Waals surface area contributed by atoms with Gasteiger partial charge >= 0.3 is 0 Å². The highest BCUT2D eigenvalue weighted by molar-refractivity contribution is 5.96. The van der Waals surface area contributed by atoms with E-state index >= 15 is 0 Å². The van der Waals surface area contributed by atoms with Gasteiger partial charge in [-0.15, -0.1) is 0 Å². The highest BCUT2D eigenvalue weighted by Gasteiger charge is 2.23. The van der Waals surface area contributed by atoms with Crippen molar-refractivity contribution >= 4 is 5.78 Å². The summed E-state index contributed by atoms with van der Waals surface area (Å²) in [5.41, 5.74) is 0.875. The summed E-state index contributed by atoms with van der Waals surface area (Å²) in [6.45, 7) is 5.35. The molecule has 2 unspecified atom stereocenters. The molecule has 2 atom stereocenters. The van der Waals surface area contributed by atoms with Crippen LogP contribution in [-0.2, 0) is 0 Å². The number of benzene rings is 1. The van der Waals surface area contributed by atoms with Crippen LogP contribution in [0.4, 0.5) is 4.39 Å². The lowest BCUT2D eigenvalue weighted by atomic mass is 9.85. The van der Waals surface area contributed by atoms with E-state index < -0.39 is 0 Å². The number of rotatable bonds is 4. The first-order valence-electron chi connectivity index (χ1n) is 7.49. The number of hydrogen-bond acceptors (Lipinski definition) is 2. The first-order chi connectivity index (χ1) is 9.51. The van der Waals surface area contributed by atoms with E-state index in [1.165, 1.54) is 32.3 Å². The lowest BCUT2D eigenvalue weighted by Gasteiger charge is -2.29. The molecule has 0 amide bonds. The molecule has 0 radical (unpaired) electrons. The number of hydrogen-bond donors (Lipinski definition) is 0. The Morgan fingerprint density at radius 2 is 2.15 bits per heavy atom. The van der Waals surface area contributed by atoms with E-state index in [0.29, 0.717) is 22.8 Å². The molecule has 1 saturated carbocycles. The van der Waals surface area contributed by atoms with Crippen molar-refractivity contribution in [1.29, 1.82) is 0 Å². The molecular weight excluding hydrogens is 255 g/mol. The summed E-state index contributed by atoms with van der Waals surface area (Å²) >= 11 is 0. The largest absolute Gasteiger partial charge is 0.490 e. The molecule has 0 bridgehead atoms. The van der Waals surface area contributed by atoms with Crippen molar-refractivity contribution < 1.29 is 13.9 Å². The fraction of sp³-hybridized carbons (Fsp3) is 0.588. The highest BCUT2D eigenvalue weighted by atomic mass is 19.1. The summed E-state index contributed by atoms with van der Waals surface area (Å²) in [5.74, 6) is 0.744. The molecular formula is C17H23FO2. The average Bonchev–Trinajstić information content (AvgIpc) is 2.42. The Kier molecular flexibility index (Phi) is 4.79. The zero-order valence-electron chi connectivity index (χ0n) is 12.5. The van der Waals surface area contributed by atoms with E-state index in [2.05, 4.69) is 6.92 Å². The van der Waals surface area contributed by atoms with Gasteiger partial charge in [0.05, 0.1) is 11.7 Å². The van der Waals surface area contributed by atoms with Crippen molar-refractivity contribution in [3.63, 3.8) is 0 Å². The standard InChI is InChI=1S/C17H23FO2/c1-4-13-6-5-7-14(9-13)20-17-8-11(2)16(18)10-15(17)12(3)19/h8,10,13-14H,4-7,9H2,1-3H3. The van der Waals surface area contributed by atoms with Crippen molar-refractivity contribution in [2.75, 3.05) is 0 Å². The second-order valence-corrected chi connectivity index (χ2v) is 5.83. The predicted molar refractivity (Wildman–Crippen MR) is 77.8 cm³/mol. The molecule has 0 aromatic heterocycles. The van der Waals surface area contributed by atoms with E-state index in [1.54, 1.807) is 13.0 Å². The van der Waals surface area contributed by atoms with Crippen LogP contribution in [0.25, 0.3) is 0 Å². The summed E-state index contributed by atoms with van der Waals surface area (Å²) in [6, 6.07) is 2.95. The summed E-state index contributed by atoms with van der Waals surface area (Å²) in [5, 5.41) is 0. The summed E-state index contributed by atoms with van der Waals surface area (Å²) in [4.78, 5) is 11.6. The van der Waals surface area contributed by atoms with Gasteiger partial charge in [0.25, 0.3) is 0 Å². The molecule has 3 heteroatoms. The topological polar surface area (TPSA) is 26.3 Å². The number of carbonyl (C=O) groups is 1. The molecule has 0 heterocycles. The maximum Gasteiger partial charge on any atom is 0.163 e. The smallest absolute Gasteiger partial charge is 0.163 e. The number of Topliss-reactive ketones (excluding diaryl/α,β-unsaturated/α-hetero) is 1. The first-order valence-corrected chi connectivity index (χ1v) is 7.49. The van der Waals surface area contributed by atoms with Crippen LogP contribution in [0.2, 0.25) is 0 Å². The molecule has 0 spiro atoms. The zero-order valence-corrected chi connectivity index (χ0v) is 12.5. The molecule has 1 aromatic carbocycles. The minimum Gasteiger partial charge on any atom is -0.490 e. The van der Waals surface area contributed by atoms with Crippen LogP contribution in [0.3, 0.4) is 0 Å². The maximum atomic E-state index is 13.6. The van der Waals surface area contributed by atoms with Crippen LogP contribution in [0, 0.1) is 18.7 Å². The SMILES string of the molecule is CCC1CCCC(Oc2cc(C)c(F)cc2C(C)=O)C1. The quantitative estimate of drug-likeness (QED) is 0.747. The number of aryl methyl sites for hydroxylation is 1. The normalized spacial score (nSPS) is 22.6. The molecule has 110 valence electrons. The lowest BCUT2D eigenvalue weighted by Crippen LogP contribution is -2.25. The molecule has 0 N–H and O–H groups in total. The van der Waals surface area contributed by atoms with Crippen molar-refractivity contribution in [3.05, 3.63) is 29.1 Å². The number of carbonyl (C=O) groups excluding carboxylic acids is 1. The van der Waals surface area contributed by atoms with Gasteiger partial charge in [0.1, 0.15) is 11.6 Å². The van der Waals surface area contributed by atoms with Crippen molar-refractivity contribution in [3.8, 4) is 5.75 Å². The minimum absolute atomic E-state index is 0.150. The molecule has 20 heavy (non-hydrogen) atoms. The number of ether oxygens (including phenoxy) is 1. The molecule has 0 saturated heterocycles. The molecule has 1 aromatic rings. The Balaban J connectivity index is 2.19. The maximum absolute atomic E-state index is 13.6. The van der Waals surface area contributed by atoms with Gasteiger partial charge in [0.15, 0.2) is 5.78 Å². The Hall–Kier alpha value is -1.38. The lowest BCUT2D eigenvalue weighted by molar-refractivity contribution is 0.0987. The van der Waals surface area contributed by atoms with Crippen LogP contribution in [0.15, 0.2) is 12.1 Å². The van der Waals surface area contributed by atoms with Gasteiger partial charge in [-0.2, -0.15) is 0 Å². The van der Waals surface area contributed by atoms with Gasteiger partial charge in [-0.05, 0) is 56.7 Å². The molecule has 2 nitrogen and oxygen atoms in total. The Morgan fingerprint density at radius 1 is 1.40 bits per heavy atom. The molecule has 1 fully saturated rings. The average molecular weight is 278 g/mol. The van der Waals surface area contributed by atoms with E-state index in [4.69, 9.17) is 4.74 Å². The van der Waals surface area contributed by atoms with Gasteiger partial charge in [0, 0.05) is 0 Å². The van der Waals surface area contributed by atoms with Gasteiger partial charge in [-0.1, -0.05) is 19.8 Å². The van der Waals surface area contributed by atoms with Crippen LogP contribution >= 0.6 is 0 Å². The molecule has 1 aliphatic carbocycles. The van der Waals surface area contributed by atoms with Crippen molar-refractivity contribution in [1.82, 2.24) is 0 Å². The second-order valence-electron chi connectivity index (χ2n) is 5.83. The third-order valence-corrected chi connectivity index (χ3v) is 4.25. The Labute approximate surface area is 120 Å². The van der Waals surface area contributed by atoms with Gasteiger partial charge < -0.3 is 4.74 Å². The second kappa shape index (κ2) is 6.38. The Bertz CT molecular complexity index is 496. The van der Waals surface area contributed by atoms with Gasteiger partial charge in [0.2, 0.25) is 0 Å². The minimum atomic E-state index is -0.349. The summed E-state index contributed by atoms with van der Waals surface area (Å²) in [7, 11) is 0.